The molecule has 1 aliphatic rings. The lowest BCUT2D eigenvalue weighted by Gasteiger charge is -2.07. The standard InChI is InChI=1S/C10H10N2O2/c1-12-9(13)6-7(10(12)14)8-4-2-3-5-11-8/h2-5,7H,6H2,1H3. The maximum absolute atomic E-state index is 11.6. The predicted molar refractivity (Wildman–Crippen MR) is 49.4 cm³/mol. The minimum absolute atomic E-state index is 0.134. The van der Waals surface area contributed by atoms with Crippen LogP contribution in [0.1, 0.15) is 18.0 Å². The molecule has 4 nitrogen and oxygen atoms in total. The van der Waals surface area contributed by atoms with Crippen LogP contribution in [-0.2, 0) is 9.59 Å². The molecule has 4 heteroatoms. The van der Waals surface area contributed by atoms with Crippen LogP contribution in [0.25, 0.3) is 0 Å². The first kappa shape index (κ1) is 8.87. The second-order valence-electron chi connectivity index (χ2n) is 3.30. The number of likely N-dealkylation sites (N-methyl/N-ethyl adjacent to an activating group) is 1. The highest BCUT2D eigenvalue weighted by atomic mass is 16.2. The van der Waals surface area contributed by atoms with Gasteiger partial charge in [0, 0.05) is 19.7 Å². The monoisotopic (exact) mass is 190 g/mol. The van der Waals surface area contributed by atoms with Gasteiger partial charge in [0.15, 0.2) is 0 Å². The number of carbonyl (C=O) groups excluding carboxylic acids is 2. The highest BCUT2D eigenvalue weighted by Gasteiger charge is 2.37. The number of hydrogen-bond donors (Lipinski definition) is 0. The van der Waals surface area contributed by atoms with Crippen LogP contribution in [0.5, 0.6) is 0 Å². The van der Waals surface area contributed by atoms with Gasteiger partial charge in [0.1, 0.15) is 0 Å². The Balaban J connectivity index is 2.30. The molecule has 2 amide bonds. The molecule has 0 spiro atoms. The number of aromatic nitrogens is 1. The van der Waals surface area contributed by atoms with E-state index >= 15 is 0 Å². The summed E-state index contributed by atoms with van der Waals surface area (Å²) in [4.78, 5) is 28.1. The Kier molecular flexibility index (Phi) is 2.04. The number of amides is 2. The molecule has 1 fully saturated rings. The molecule has 0 aliphatic carbocycles. The van der Waals surface area contributed by atoms with Gasteiger partial charge in [0.25, 0.3) is 0 Å². The first-order valence-electron chi connectivity index (χ1n) is 4.41. The topological polar surface area (TPSA) is 50.3 Å². The van der Waals surface area contributed by atoms with Gasteiger partial charge in [0.05, 0.1) is 11.6 Å². The van der Waals surface area contributed by atoms with E-state index < -0.39 is 0 Å². The third-order valence-corrected chi connectivity index (χ3v) is 2.43. The number of pyridine rings is 1. The van der Waals surface area contributed by atoms with Crippen molar-refractivity contribution in [3.05, 3.63) is 30.1 Å². The minimum atomic E-state index is -0.381. The molecule has 2 rings (SSSR count). The Hall–Kier alpha value is -1.71. The Morgan fingerprint density at radius 3 is 2.71 bits per heavy atom. The molecule has 0 bridgehead atoms. The Labute approximate surface area is 81.6 Å². The lowest BCUT2D eigenvalue weighted by Crippen LogP contribution is -2.25. The molecule has 1 aromatic heterocycles. The van der Waals surface area contributed by atoms with Gasteiger partial charge in [-0.15, -0.1) is 0 Å². The summed E-state index contributed by atoms with van der Waals surface area (Å²) in [5.41, 5.74) is 0.676. The summed E-state index contributed by atoms with van der Waals surface area (Å²) in [5, 5.41) is 0. The zero-order chi connectivity index (χ0) is 10.1. The average Bonchev–Trinajstić information content (AvgIpc) is 2.47. The van der Waals surface area contributed by atoms with Crippen molar-refractivity contribution in [3.8, 4) is 0 Å². The van der Waals surface area contributed by atoms with E-state index in [1.807, 2.05) is 6.07 Å². The van der Waals surface area contributed by atoms with E-state index in [0.29, 0.717) is 5.69 Å². The molecular formula is C10H10N2O2. The van der Waals surface area contributed by atoms with Crippen LogP contribution in [0.15, 0.2) is 24.4 Å². The van der Waals surface area contributed by atoms with Gasteiger partial charge in [-0.05, 0) is 12.1 Å². The van der Waals surface area contributed by atoms with Crippen LogP contribution in [0.2, 0.25) is 0 Å². The van der Waals surface area contributed by atoms with E-state index in [9.17, 15) is 9.59 Å². The molecule has 1 aromatic rings. The molecular weight excluding hydrogens is 180 g/mol. The molecule has 0 saturated carbocycles. The van der Waals surface area contributed by atoms with Crippen molar-refractivity contribution >= 4 is 11.8 Å². The van der Waals surface area contributed by atoms with Gasteiger partial charge in [-0.25, -0.2) is 0 Å². The lowest BCUT2D eigenvalue weighted by atomic mass is 10.0. The third kappa shape index (κ3) is 1.28. The van der Waals surface area contributed by atoms with Crippen LogP contribution in [-0.4, -0.2) is 28.7 Å². The molecule has 72 valence electrons. The number of likely N-dealkylation sites (tertiary alicyclic amines) is 1. The molecule has 1 aliphatic heterocycles. The van der Waals surface area contributed by atoms with E-state index in [1.54, 1.807) is 18.3 Å². The Morgan fingerprint density at radius 1 is 1.43 bits per heavy atom. The van der Waals surface area contributed by atoms with Gasteiger partial charge < -0.3 is 0 Å². The number of nitrogens with zero attached hydrogens (tertiary/aromatic N) is 2. The van der Waals surface area contributed by atoms with E-state index in [4.69, 9.17) is 0 Å². The summed E-state index contributed by atoms with van der Waals surface area (Å²) < 4.78 is 0. The maximum Gasteiger partial charge on any atom is 0.238 e. The van der Waals surface area contributed by atoms with Gasteiger partial charge >= 0.3 is 0 Å². The summed E-state index contributed by atoms with van der Waals surface area (Å²) in [7, 11) is 1.51. The van der Waals surface area contributed by atoms with Crippen molar-refractivity contribution in [2.24, 2.45) is 0 Å². The van der Waals surface area contributed by atoms with Crippen molar-refractivity contribution in [1.82, 2.24) is 9.88 Å². The maximum atomic E-state index is 11.6. The Morgan fingerprint density at radius 2 is 2.21 bits per heavy atom. The SMILES string of the molecule is CN1C(=O)CC(c2ccccn2)C1=O. The van der Waals surface area contributed by atoms with Crippen molar-refractivity contribution in [2.75, 3.05) is 7.05 Å². The summed E-state index contributed by atoms with van der Waals surface area (Å²) in [6.45, 7) is 0. The molecule has 0 aromatic carbocycles. The van der Waals surface area contributed by atoms with Gasteiger partial charge in [-0.3, -0.25) is 19.5 Å². The number of hydrogen-bond acceptors (Lipinski definition) is 3. The molecule has 1 saturated heterocycles. The zero-order valence-electron chi connectivity index (χ0n) is 7.80. The average molecular weight is 190 g/mol. The smallest absolute Gasteiger partial charge is 0.238 e. The fraction of sp³-hybridized carbons (Fsp3) is 0.300. The quantitative estimate of drug-likeness (QED) is 0.608. The summed E-state index contributed by atoms with van der Waals surface area (Å²) >= 11 is 0. The predicted octanol–water partition coefficient (Wildman–Crippen LogP) is 0.554. The van der Waals surface area contributed by atoms with Gasteiger partial charge in [-0.1, -0.05) is 6.07 Å². The van der Waals surface area contributed by atoms with Crippen LogP contribution in [0.4, 0.5) is 0 Å². The molecule has 2 heterocycles. The van der Waals surface area contributed by atoms with Crippen molar-refractivity contribution in [3.63, 3.8) is 0 Å². The number of imide groups is 1. The lowest BCUT2D eigenvalue weighted by molar-refractivity contribution is -0.137. The van der Waals surface area contributed by atoms with Crippen molar-refractivity contribution in [2.45, 2.75) is 12.3 Å². The summed E-state index contributed by atoms with van der Waals surface area (Å²) in [5.74, 6) is -0.673. The zero-order valence-corrected chi connectivity index (χ0v) is 7.80. The summed E-state index contributed by atoms with van der Waals surface area (Å²) in [6, 6.07) is 5.38. The second kappa shape index (κ2) is 3.21. The molecule has 1 atom stereocenters. The fourth-order valence-corrected chi connectivity index (χ4v) is 1.57. The second-order valence-corrected chi connectivity index (χ2v) is 3.30. The first-order valence-corrected chi connectivity index (χ1v) is 4.41. The summed E-state index contributed by atoms with van der Waals surface area (Å²) in [6.07, 6.45) is 1.87. The molecule has 1 unspecified atom stereocenters. The van der Waals surface area contributed by atoms with Gasteiger partial charge in [0.2, 0.25) is 11.8 Å². The largest absolute Gasteiger partial charge is 0.285 e. The van der Waals surface area contributed by atoms with Crippen LogP contribution >= 0.6 is 0 Å². The van der Waals surface area contributed by atoms with Crippen molar-refractivity contribution < 1.29 is 9.59 Å². The van der Waals surface area contributed by atoms with E-state index in [0.717, 1.165) is 0 Å². The van der Waals surface area contributed by atoms with E-state index in [1.165, 1.54) is 11.9 Å². The highest BCUT2D eigenvalue weighted by Crippen LogP contribution is 2.26. The fourth-order valence-electron chi connectivity index (χ4n) is 1.57. The van der Waals surface area contributed by atoms with E-state index in [-0.39, 0.29) is 24.2 Å². The number of rotatable bonds is 1. The van der Waals surface area contributed by atoms with Crippen LogP contribution < -0.4 is 0 Å². The van der Waals surface area contributed by atoms with Gasteiger partial charge in [-0.2, -0.15) is 0 Å². The first-order chi connectivity index (χ1) is 6.70. The molecule has 0 N–H and O–H groups in total. The van der Waals surface area contributed by atoms with Crippen LogP contribution in [0.3, 0.4) is 0 Å². The van der Waals surface area contributed by atoms with Crippen LogP contribution in [0, 0.1) is 0 Å². The molecule has 0 radical (unpaired) electrons. The van der Waals surface area contributed by atoms with E-state index in [2.05, 4.69) is 4.98 Å². The molecule has 14 heavy (non-hydrogen) atoms. The normalized spacial score (nSPS) is 21.8. The minimum Gasteiger partial charge on any atom is -0.285 e. The third-order valence-electron chi connectivity index (χ3n) is 2.43. The van der Waals surface area contributed by atoms with Crippen molar-refractivity contribution in [1.29, 1.82) is 0 Å². The Bertz CT molecular complexity index is 375. The number of carbonyl (C=O) groups is 2. The highest BCUT2D eigenvalue weighted by molar-refractivity contribution is 6.05.